The van der Waals surface area contributed by atoms with Crippen molar-refractivity contribution in [2.24, 2.45) is 0 Å². The Morgan fingerprint density at radius 3 is 1.33 bits per heavy atom. The number of hydrogen-bond acceptors (Lipinski definition) is 12. The minimum atomic E-state index is -3.22. The first-order valence-corrected chi connectivity index (χ1v) is 7.82. The van der Waals surface area contributed by atoms with Gasteiger partial charge in [0.1, 0.15) is 6.10 Å². The molecule has 0 bridgehead atoms. The molecule has 0 spiro atoms. The van der Waals surface area contributed by atoms with Crippen molar-refractivity contribution in [3.05, 3.63) is 0 Å². The van der Waals surface area contributed by atoms with Crippen molar-refractivity contribution in [2.45, 2.75) is 49.9 Å². The van der Waals surface area contributed by atoms with Crippen molar-refractivity contribution < 1.29 is 73.7 Å². The average Bonchev–Trinajstić information content (AvgIpc) is 2.52. The van der Waals surface area contributed by atoms with E-state index >= 15 is 0 Å². The Morgan fingerprint density at radius 1 is 0.700 bits per heavy atom. The van der Waals surface area contributed by atoms with Crippen LogP contribution >= 0.6 is 0 Å². The molecule has 15 heteroatoms. The summed E-state index contributed by atoms with van der Waals surface area (Å²) < 4.78 is 8.07. The Hall–Kier alpha value is -3.43. The van der Waals surface area contributed by atoms with Crippen molar-refractivity contribution in [1.82, 2.24) is 0 Å². The SMILES string of the molecule is CC(O)C(=O)OC(=O)CC(O)(CC(=O)OC(=O)CC(O)(CC(=O)O)C(=O)O)C(=O)O. The molecule has 0 amide bonds. The molecular weight excluding hydrogens is 420 g/mol. The Kier molecular flexibility index (Phi) is 9.19. The molecule has 0 saturated heterocycles. The molecule has 30 heavy (non-hydrogen) atoms. The van der Waals surface area contributed by atoms with Crippen LogP contribution in [0.3, 0.4) is 0 Å². The molecule has 0 rings (SSSR count). The lowest BCUT2D eigenvalue weighted by molar-refractivity contribution is -0.180. The number of esters is 4. The maximum absolute atomic E-state index is 11.7. The first-order chi connectivity index (χ1) is 13.5. The number of carbonyl (C=O) groups excluding carboxylic acids is 4. The van der Waals surface area contributed by atoms with Gasteiger partial charge in [-0.3, -0.25) is 19.2 Å². The van der Waals surface area contributed by atoms with Crippen molar-refractivity contribution in [3.8, 4) is 0 Å². The number of rotatable bonds is 11. The lowest BCUT2D eigenvalue weighted by atomic mass is 9.95. The number of carboxylic acids is 3. The minimum absolute atomic E-state index is 0.921. The molecule has 0 heterocycles. The molecule has 3 atom stereocenters. The van der Waals surface area contributed by atoms with Crippen molar-refractivity contribution in [2.75, 3.05) is 0 Å². The van der Waals surface area contributed by atoms with Gasteiger partial charge in [0.2, 0.25) is 0 Å². The van der Waals surface area contributed by atoms with Crippen LogP contribution < -0.4 is 0 Å². The average molecular weight is 438 g/mol. The maximum Gasteiger partial charge on any atom is 0.342 e. The van der Waals surface area contributed by atoms with Gasteiger partial charge in [0.25, 0.3) is 0 Å². The van der Waals surface area contributed by atoms with Gasteiger partial charge in [-0.25, -0.2) is 14.4 Å². The van der Waals surface area contributed by atoms with E-state index in [1.54, 1.807) is 0 Å². The van der Waals surface area contributed by atoms with Crippen LogP contribution in [-0.4, -0.2) is 89.7 Å². The van der Waals surface area contributed by atoms with Crippen LogP contribution in [-0.2, 0) is 43.0 Å². The van der Waals surface area contributed by atoms with Crippen molar-refractivity contribution in [1.29, 1.82) is 0 Å². The van der Waals surface area contributed by atoms with E-state index in [4.69, 9.17) is 20.4 Å². The van der Waals surface area contributed by atoms with Gasteiger partial charge in [-0.15, -0.1) is 0 Å². The fourth-order valence-electron chi connectivity index (χ4n) is 1.83. The highest BCUT2D eigenvalue weighted by atomic mass is 16.6. The third-order valence-electron chi connectivity index (χ3n) is 3.33. The van der Waals surface area contributed by atoms with Crippen LogP contribution in [0.1, 0.15) is 32.6 Å². The lowest BCUT2D eigenvalue weighted by Crippen LogP contribution is -2.45. The van der Waals surface area contributed by atoms with E-state index in [0.717, 1.165) is 6.92 Å². The summed E-state index contributed by atoms with van der Waals surface area (Å²) in [6, 6.07) is 0. The molecule has 0 aromatic rings. The molecule has 3 unspecified atom stereocenters. The van der Waals surface area contributed by atoms with Gasteiger partial charge in [0.15, 0.2) is 11.2 Å². The third-order valence-corrected chi connectivity index (χ3v) is 3.33. The van der Waals surface area contributed by atoms with Crippen LogP contribution in [0.15, 0.2) is 0 Å². The maximum atomic E-state index is 11.7. The largest absolute Gasteiger partial charge is 0.481 e. The number of aliphatic carboxylic acids is 3. The number of hydrogen-bond donors (Lipinski definition) is 6. The van der Waals surface area contributed by atoms with E-state index in [2.05, 4.69) is 9.47 Å². The molecule has 0 fully saturated rings. The quantitative estimate of drug-likeness (QED) is 0.137. The molecule has 0 aliphatic heterocycles. The van der Waals surface area contributed by atoms with Crippen LogP contribution in [0.4, 0.5) is 0 Å². The summed E-state index contributed by atoms with van der Waals surface area (Å²) >= 11 is 0. The second kappa shape index (κ2) is 10.4. The summed E-state index contributed by atoms with van der Waals surface area (Å²) in [6.45, 7) is 0.921. The molecule has 0 aromatic heterocycles. The van der Waals surface area contributed by atoms with Gasteiger partial charge in [-0.05, 0) is 6.92 Å². The summed E-state index contributed by atoms with van der Waals surface area (Å²) in [6.07, 6.45) is -7.75. The van der Waals surface area contributed by atoms with Gasteiger partial charge >= 0.3 is 41.8 Å². The van der Waals surface area contributed by atoms with Crippen LogP contribution in [0.5, 0.6) is 0 Å². The fourth-order valence-corrected chi connectivity index (χ4v) is 1.83. The highest BCUT2D eigenvalue weighted by Gasteiger charge is 2.45. The van der Waals surface area contributed by atoms with Gasteiger partial charge in [0, 0.05) is 0 Å². The molecule has 0 radical (unpaired) electrons. The topological polar surface area (TPSA) is 259 Å². The fraction of sp³-hybridized carbons (Fsp3) is 0.533. The van der Waals surface area contributed by atoms with Crippen LogP contribution in [0.25, 0.3) is 0 Å². The molecule has 0 saturated carbocycles. The molecular formula is C15H18O15. The van der Waals surface area contributed by atoms with E-state index in [1.165, 1.54) is 0 Å². The molecule has 0 aromatic carbocycles. The molecule has 6 N–H and O–H groups in total. The highest BCUT2D eigenvalue weighted by Crippen LogP contribution is 2.20. The summed E-state index contributed by atoms with van der Waals surface area (Å²) in [7, 11) is 0. The number of aliphatic hydroxyl groups excluding tert-OH is 1. The molecule has 168 valence electrons. The summed E-state index contributed by atoms with van der Waals surface area (Å²) in [5.41, 5.74) is -6.37. The zero-order chi connectivity index (χ0) is 23.9. The van der Waals surface area contributed by atoms with E-state index in [1.807, 2.05) is 0 Å². The Balaban J connectivity index is 5.15. The number of carboxylic acid groups (broad SMARTS) is 3. The second-order valence-electron chi connectivity index (χ2n) is 6.09. The molecule has 15 nitrogen and oxygen atoms in total. The molecule has 0 aliphatic rings. The zero-order valence-electron chi connectivity index (χ0n) is 15.3. The predicted molar refractivity (Wildman–Crippen MR) is 85.2 cm³/mol. The van der Waals surface area contributed by atoms with Gasteiger partial charge < -0.3 is 40.1 Å². The van der Waals surface area contributed by atoms with Crippen molar-refractivity contribution in [3.63, 3.8) is 0 Å². The lowest BCUT2D eigenvalue weighted by Gasteiger charge is -2.22. The molecule has 0 aliphatic carbocycles. The smallest absolute Gasteiger partial charge is 0.342 e. The first kappa shape index (κ1) is 26.6. The monoisotopic (exact) mass is 438 g/mol. The van der Waals surface area contributed by atoms with Crippen molar-refractivity contribution >= 4 is 41.8 Å². The standard InChI is InChI=1S/C15H18O15/c1-6(16)11(22)30-10(21)5-15(28,13(25)26)4-9(20)29-8(19)3-14(27,12(23)24)2-7(17)18/h6,16,27-28H,2-5H2,1H3,(H,17,18)(H,23,24)(H,25,26). The normalized spacial score (nSPS) is 15.6. The predicted octanol–water partition coefficient (Wildman–Crippen LogP) is -3.22. The van der Waals surface area contributed by atoms with Gasteiger partial charge in [-0.1, -0.05) is 0 Å². The third kappa shape index (κ3) is 8.29. The van der Waals surface area contributed by atoms with Gasteiger partial charge in [0.05, 0.1) is 25.7 Å². The number of ether oxygens (including phenoxy) is 2. The van der Waals surface area contributed by atoms with E-state index in [9.17, 15) is 43.8 Å². The number of aliphatic hydroxyl groups is 3. The Labute approximate surface area is 166 Å². The van der Waals surface area contributed by atoms with Crippen LogP contribution in [0.2, 0.25) is 0 Å². The van der Waals surface area contributed by atoms with E-state index in [-0.39, 0.29) is 0 Å². The summed E-state index contributed by atoms with van der Waals surface area (Å²) in [4.78, 5) is 78.5. The minimum Gasteiger partial charge on any atom is -0.481 e. The first-order valence-electron chi connectivity index (χ1n) is 7.82. The summed E-state index contributed by atoms with van der Waals surface area (Å²) in [5.74, 6) is -12.8. The summed E-state index contributed by atoms with van der Waals surface area (Å²) in [5, 5.41) is 54.9. The van der Waals surface area contributed by atoms with E-state index < -0.39 is 84.8 Å². The Morgan fingerprint density at radius 2 is 1.03 bits per heavy atom. The van der Waals surface area contributed by atoms with Crippen LogP contribution in [0, 0.1) is 0 Å². The highest BCUT2D eigenvalue weighted by molar-refractivity contribution is 5.96. The van der Waals surface area contributed by atoms with E-state index in [0.29, 0.717) is 0 Å². The zero-order valence-corrected chi connectivity index (χ0v) is 15.3. The Bertz CT molecular complexity index is 753. The van der Waals surface area contributed by atoms with Gasteiger partial charge in [-0.2, -0.15) is 0 Å². The second-order valence-corrected chi connectivity index (χ2v) is 6.09. The number of carbonyl (C=O) groups is 7.